The molecule has 1 aromatic carbocycles. The van der Waals surface area contributed by atoms with Crippen molar-refractivity contribution in [2.75, 3.05) is 6.54 Å². The van der Waals surface area contributed by atoms with E-state index >= 15 is 0 Å². The van der Waals surface area contributed by atoms with Crippen molar-refractivity contribution < 1.29 is 0 Å². The van der Waals surface area contributed by atoms with Crippen LogP contribution in [0.25, 0.3) is 0 Å². The van der Waals surface area contributed by atoms with Gasteiger partial charge in [0, 0.05) is 11.5 Å². The van der Waals surface area contributed by atoms with Crippen LogP contribution in [0.2, 0.25) is 0 Å². The maximum atomic E-state index is 3.90. The molecule has 92 valence electrons. The SMILES string of the molecule is C=CCC(NCCC)C1(c2ccccc2)CC1. The molecule has 0 amide bonds. The van der Waals surface area contributed by atoms with Gasteiger partial charge in [-0.1, -0.05) is 43.3 Å². The summed E-state index contributed by atoms with van der Waals surface area (Å²) in [5.41, 5.74) is 1.88. The third kappa shape index (κ3) is 2.61. The van der Waals surface area contributed by atoms with Crippen molar-refractivity contribution in [1.82, 2.24) is 5.32 Å². The van der Waals surface area contributed by atoms with E-state index in [0.717, 1.165) is 13.0 Å². The fourth-order valence-electron chi connectivity index (χ4n) is 2.73. The summed E-state index contributed by atoms with van der Waals surface area (Å²) in [6.45, 7) is 7.23. The molecule has 1 N–H and O–H groups in total. The highest BCUT2D eigenvalue weighted by Crippen LogP contribution is 2.51. The largest absolute Gasteiger partial charge is 0.313 e. The van der Waals surface area contributed by atoms with Gasteiger partial charge in [-0.25, -0.2) is 0 Å². The van der Waals surface area contributed by atoms with Crippen LogP contribution in [0.3, 0.4) is 0 Å². The van der Waals surface area contributed by atoms with Gasteiger partial charge < -0.3 is 5.32 Å². The van der Waals surface area contributed by atoms with Gasteiger partial charge in [0.25, 0.3) is 0 Å². The molecular formula is C16H23N. The van der Waals surface area contributed by atoms with Crippen LogP contribution < -0.4 is 5.32 Å². The minimum atomic E-state index is 0.380. The minimum absolute atomic E-state index is 0.380. The van der Waals surface area contributed by atoms with Gasteiger partial charge in [-0.2, -0.15) is 0 Å². The van der Waals surface area contributed by atoms with Crippen LogP contribution in [0.15, 0.2) is 43.0 Å². The van der Waals surface area contributed by atoms with Crippen molar-refractivity contribution in [3.8, 4) is 0 Å². The third-order valence-corrected chi connectivity index (χ3v) is 3.85. The van der Waals surface area contributed by atoms with E-state index in [4.69, 9.17) is 0 Å². The summed E-state index contributed by atoms with van der Waals surface area (Å²) < 4.78 is 0. The molecule has 1 saturated carbocycles. The maximum Gasteiger partial charge on any atom is 0.0198 e. The molecule has 1 fully saturated rings. The highest BCUT2D eigenvalue weighted by molar-refractivity contribution is 5.34. The highest BCUT2D eigenvalue weighted by atomic mass is 14.9. The van der Waals surface area contributed by atoms with Crippen LogP contribution in [-0.4, -0.2) is 12.6 Å². The number of hydrogen-bond donors (Lipinski definition) is 1. The lowest BCUT2D eigenvalue weighted by molar-refractivity contribution is 0.418. The van der Waals surface area contributed by atoms with Crippen LogP contribution in [0.1, 0.15) is 38.2 Å². The molecular weight excluding hydrogens is 206 g/mol. The Hall–Kier alpha value is -1.08. The molecule has 0 aliphatic heterocycles. The fraction of sp³-hybridized carbons (Fsp3) is 0.500. The van der Waals surface area contributed by atoms with Crippen LogP contribution in [0.5, 0.6) is 0 Å². The van der Waals surface area contributed by atoms with Gasteiger partial charge in [-0.05, 0) is 37.8 Å². The zero-order valence-electron chi connectivity index (χ0n) is 10.8. The third-order valence-electron chi connectivity index (χ3n) is 3.85. The number of nitrogens with one attached hydrogen (secondary N) is 1. The summed E-state index contributed by atoms with van der Waals surface area (Å²) in [5, 5.41) is 3.70. The number of benzene rings is 1. The topological polar surface area (TPSA) is 12.0 Å². The lowest BCUT2D eigenvalue weighted by Crippen LogP contribution is -2.40. The normalized spacial score (nSPS) is 18.6. The molecule has 0 saturated heterocycles. The summed E-state index contributed by atoms with van der Waals surface area (Å²) in [4.78, 5) is 0. The van der Waals surface area contributed by atoms with Gasteiger partial charge in [0.2, 0.25) is 0 Å². The summed E-state index contributed by atoms with van der Waals surface area (Å²) in [7, 11) is 0. The number of rotatable bonds is 7. The maximum absolute atomic E-state index is 3.90. The Morgan fingerprint density at radius 2 is 2.06 bits per heavy atom. The second-order valence-electron chi connectivity index (χ2n) is 5.05. The smallest absolute Gasteiger partial charge is 0.0198 e. The van der Waals surface area contributed by atoms with E-state index in [1.165, 1.54) is 24.8 Å². The quantitative estimate of drug-likeness (QED) is 0.704. The van der Waals surface area contributed by atoms with Gasteiger partial charge in [-0.3, -0.25) is 0 Å². The van der Waals surface area contributed by atoms with Crippen LogP contribution in [-0.2, 0) is 5.41 Å². The molecule has 1 unspecified atom stereocenters. The first-order valence-electron chi connectivity index (χ1n) is 6.73. The van der Waals surface area contributed by atoms with E-state index < -0.39 is 0 Å². The van der Waals surface area contributed by atoms with Crippen molar-refractivity contribution in [3.63, 3.8) is 0 Å². The first kappa shape index (κ1) is 12.4. The van der Waals surface area contributed by atoms with Gasteiger partial charge in [-0.15, -0.1) is 6.58 Å². The highest BCUT2D eigenvalue weighted by Gasteiger charge is 2.49. The Morgan fingerprint density at radius 1 is 1.35 bits per heavy atom. The molecule has 0 radical (unpaired) electrons. The molecule has 17 heavy (non-hydrogen) atoms. The van der Waals surface area contributed by atoms with E-state index in [0.29, 0.717) is 11.5 Å². The average molecular weight is 229 g/mol. The molecule has 2 rings (SSSR count). The van der Waals surface area contributed by atoms with E-state index in [2.05, 4.69) is 55.2 Å². The predicted molar refractivity (Wildman–Crippen MR) is 74.2 cm³/mol. The standard InChI is InChI=1S/C16H23N/c1-3-8-15(17-13-4-2)16(11-12-16)14-9-6-5-7-10-14/h3,5-7,9-10,15,17H,1,4,8,11-13H2,2H3. The van der Waals surface area contributed by atoms with Crippen LogP contribution >= 0.6 is 0 Å². The van der Waals surface area contributed by atoms with Crippen molar-refractivity contribution in [1.29, 1.82) is 0 Å². The Bertz CT molecular complexity index is 351. The lowest BCUT2D eigenvalue weighted by atomic mass is 9.86. The molecule has 1 atom stereocenters. The zero-order valence-corrected chi connectivity index (χ0v) is 10.8. The molecule has 1 nitrogen and oxygen atoms in total. The van der Waals surface area contributed by atoms with E-state index in [9.17, 15) is 0 Å². The van der Waals surface area contributed by atoms with Crippen LogP contribution in [0, 0.1) is 0 Å². The second-order valence-corrected chi connectivity index (χ2v) is 5.05. The second kappa shape index (κ2) is 5.50. The molecule has 1 aliphatic carbocycles. The molecule has 0 bridgehead atoms. The zero-order chi connectivity index (χ0) is 12.1. The summed E-state index contributed by atoms with van der Waals surface area (Å²) in [5.74, 6) is 0. The van der Waals surface area contributed by atoms with Crippen LogP contribution in [0.4, 0.5) is 0 Å². The van der Waals surface area contributed by atoms with Crippen molar-refractivity contribution in [2.45, 2.75) is 44.1 Å². The van der Waals surface area contributed by atoms with Crippen molar-refractivity contribution in [2.24, 2.45) is 0 Å². The Morgan fingerprint density at radius 3 is 2.59 bits per heavy atom. The van der Waals surface area contributed by atoms with E-state index in [-0.39, 0.29) is 0 Å². The summed E-state index contributed by atoms with van der Waals surface area (Å²) in [6.07, 6.45) is 6.93. The summed E-state index contributed by atoms with van der Waals surface area (Å²) in [6, 6.07) is 11.5. The number of hydrogen-bond acceptors (Lipinski definition) is 1. The predicted octanol–water partition coefficient (Wildman–Crippen LogP) is 3.66. The molecule has 1 heteroatoms. The Labute approximate surface area is 105 Å². The molecule has 0 aromatic heterocycles. The van der Waals surface area contributed by atoms with Gasteiger partial charge in [0.05, 0.1) is 0 Å². The Balaban J connectivity index is 2.14. The molecule has 1 aromatic rings. The summed E-state index contributed by atoms with van der Waals surface area (Å²) >= 11 is 0. The minimum Gasteiger partial charge on any atom is -0.313 e. The monoisotopic (exact) mass is 229 g/mol. The first-order valence-corrected chi connectivity index (χ1v) is 6.73. The van der Waals surface area contributed by atoms with E-state index in [1.807, 2.05) is 0 Å². The lowest BCUT2D eigenvalue weighted by Gasteiger charge is -2.28. The average Bonchev–Trinajstić information content (AvgIpc) is 3.17. The molecule has 0 heterocycles. The van der Waals surface area contributed by atoms with Crippen molar-refractivity contribution in [3.05, 3.63) is 48.6 Å². The van der Waals surface area contributed by atoms with Gasteiger partial charge >= 0.3 is 0 Å². The van der Waals surface area contributed by atoms with Gasteiger partial charge in [0.15, 0.2) is 0 Å². The Kier molecular flexibility index (Phi) is 4.01. The molecule has 0 spiro atoms. The van der Waals surface area contributed by atoms with E-state index in [1.54, 1.807) is 0 Å². The fourth-order valence-corrected chi connectivity index (χ4v) is 2.73. The van der Waals surface area contributed by atoms with Crippen molar-refractivity contribution >= 4 is 0 Å². The molecule has 1 aliphatic rings. The first-order chi connectivity index (χ1) is 8.33. The van der Waals surface area contributed by atoms with Gasteiger partial charge in [0.1, 0.15) is 0 Å².